The van der Waals surface area contributed by atoms with E-state index in [-0.39, 0.29) is 130 Å². The minimum absolute atomic E-state index is 0.00898. The zero-order valence-electron chi connectivity index (χ0n) is 59.8. The van der Waals surface area contributed by atoms with Crippen LogP contribution in [0.5, 0.6) is 69.0 Å². The number of methoxy groups -OCH3 is 6. The molecule has 17 bridgehead atoms. The Balaban J connectivity index is 1.18. The Morgan fingerprint density at radius 3 is 1.67 bits per heavy atom. The van der Waals surface area contributed by atoms with Crippen LogP contribution in [0.3, 0.4) is 0 Å². The molecule has 8 N–H and O–H groups in total. The van der Waals surface area contributed by atoms with E-state index in [1.54, 1.807) is 32.9 Å². The highest BCUT2D eigenvalue weighted by Gasteiger charge is 2.47. The lowest BCUT2D eigenvalue weighted by atomic mass is 9.89. The maximum atomic E-state index is 16.5. The molecule has 7 aromatic carbocycles. The van der Waals surface area contributed by atoms with Gasteiger partial charge in [-0.3, -0.25) is 28.8 Å². The quantitative estimate of drug-likeness (QED) is 0.0590. The second-order valence-electron chi connectivity index (χ2n) is 27.7. The summed E-state index contributed by atoms with van der Waals surface area (Å²) in [5.74, 6) is -7.94. The smallest absolute Gasteiger partial charge is 0.408 e. The van der Waals surface area contributed by atoms with Crippen molar-refractivity contribution in [2.24, 2.45) is 0 Å². The fourth-order valence-electron chi connectivity index (χ4n) is 12.3. The number of halogens is 2. The van der Waals surface area contributed by atoms with E-state index in [4.69, 9.17) is 75.0 Å². The van der Waals surface area contributed by atoms with E-state index in [9.17, 15) is 14.7 Å². The Bertz CT molecular complexity index is 4660. The molecule has 105 heavy (non-hydrogen) atoms. The minimum Gasteiger partial charge on any atom is -0.497 e. The number of carboxylic acid groups (broad SMARTS) is 1. The average molecular weight is 1500 g/mol. The predicted molar refractivity (Wildman–Crippen MR) is 386 cm³/mol. The largest absolute Gasteiger partial charge is 0.497 e. The van der Waals surface area contributed by atoms with Crippen LogP contribution in [0.1, 0.15) is 117 Å². The van der Waals surface area contributed by atoms with Crippen LogP contribution in [0.2, 0.25) is 28.2 Å². The van der Waals surface area contributed by atoms with E-state index in [0.29, 0.717) is 5.56 Å². The topological polar surface area (TPSA) is 343 Å². The fourth-order valence-corrected chi connectivity index (χ4v) is 14.0. The van der Waals surface area contributed by atoms with E-state index in [2.05, 4.69) is 37.2 Å². The molecule has 13 rings (SSSR count). The summed E-state index contributed by atoms with van der Waals surface area (Å²) < 4.78 is 68.0. The lowest BCUT2D eigenvalue weighted by Gasteiger charge is -2.42. The summed E-state index contributed by atoms with van der Waals surface area (Å²) in [7, 11) is 4.95. The average Bonchev–Trinajstić information content (AvgIpc) is 0.758. The van der Waals surface area contributed by atoms with Crippen LogP contribution in [0.4, 0.5) is 4.79 Å². The van der Waals surface area contributed by atoms with Gasteiger partial charge in [0.15, 0.2) is 37.4 Å². The Morgan fingerprint density at radius 2 is 1.08 bits per heavy atom. The molecular formula is C75H79Cl2N7O20Si. The maximum absolute atomic E-state index is 16.5. The van der Waals surface area contributed by atoms with Crippen LogP contribution in [0.15, 0.2) is 115 Å². The molecule has 0 saturated carbocycles. The number of carbonyl (C=O) groups is 8. The summed E-state index contributed by atoms with van der Waals surface area (Å²) in [4.78, 5) is 123. The third-order valence-corrected chi connectivity index (χ3v) is 23.6. The summed E-state index contributed by atoms with van der Waals surface area (Å²) in [5, 5.41) is 30.1. The molecule has 30 heteroatoms. The van der Waals surface area contributed by atoms with Gasteiger partial charge >= 0.3 is 12.1 Å². The second kappa shape index (κ2) is 30.0. The Morgan fingerprint density at radius 1 is 0.514 bits per heavy atom. The van der Waals surface area contributed by atoms with Crippen LogP contribution >= 0.6 is 23.2 Å². The highest BCUT2D eigenvalue weighted by molar-refractivity contribution is 6.74. The number of aliphatic carboxylic acids is 1. The summed E-state index contributed by atoms with van der Waals surface area (Å²) in [6, 6.07) is 14.9. The van der Waals surface area contributed by atoms with Crippen molar-refractivity contribution in [3.05, 3.63) is 164 Å². The van der Waals surface area contributed by atoms with Crippen LogP contribution in [0, 0.1) is 0 Å². The molecule has 0 fully saturated rings. The zero-order valence-corrected chi connectivity index (χ0v) is 62.3. The van der Waals surface area contributed by atoms with Gasteiger partial charge in [-0.25, -0.2) is 9.59 Å². The Kier molecular flexibility index (Phi) is 21.5. The minimum atomic E-state index is -3.14. The molecule has 8 atom stereocenters. The van der Waals surface area contributed by atoms with Gasteiger partial charge in [0, 0.05) is 35.2 Å². The van der Waals surface area contributed by atoms with Crippen LogP contribution < -0.4 is 79.8 Å². The van der Waals surface area contributed by atoms with Crippen molar-refractivity contribution in [1.82, 2.24) is 37.2 Å². The molecule has 0 aliphatic carbocycles. The maximum Gasteiger partial charge on any atom is 0.408 e. The fraction of sp³-hybridized carbons (Fsp3) is 0.333. The summed E-state index contributed by atoms with van der Waals surface area (Å²) in [5.41, 5.74) is -0.403. The number of benzene rings is 7. The number of nitrogens with one attached hydrogen (secondary N) is 7. The van der Waals surface area contributed by atoms with Crippen LogP contribution in [-0.2, 0) is 49.1 Å². The van der Waals surface area contributed by atoms with Crippen molar-refractivity contribution in [2.45, 2.75) is 120 Å². The number of hydrogen-bond acceptors (Lipinski definition) is 19. The zero-order chi connectivity index (χ0) is 75.9. The molecule has 0 saturated heterocycles. The number of alkyl carbamates (subject to hydrolysis) is 1. The van der Waals surface area contributed by atoms with Gasteiger partial charge in [-0.2, -0.15) is 0 Å². The van der Waals surface area contributed by atoms with Crippen molar-refractivity contribution < 1.29 is 95.3 Å². The Labute approximate surface area is 615 Å². The van der Waals surface area contributed by atoms with Gasteiger partial charge in [0.2, 0.25) is 41.2 Å². The summed E-state index contributed by atoms with van der Waals surface area (Å²) in [6.07, 6.45) is -2.84. The van der Waals surface area contributed by atoms with Gasteiger partial charge in [0.1, 0.15) is 82.1 Å². The van der Waals surface area contributed by atoms with E-state index < -0.39 is 115 Å². The van der Waals surface area contributed by atoms with Gasteiger partial charge in [0.05, 0.1) is 58.8 Å². The highest BCUT2D eigenvalue weighted by atomic mass is 35.5. The number of carbonyl (C=O) groups excluding carboxylic acids is 7. The molecule has 6 heterocycles. The molecule has 2 unspecified atom stereocenters. The predicted octanol–water partition coefficient (Wildman–Crippen LogP) is 11.4. The van der Waals surface area contributed by atoms with Gasteiger partial charge in [-0.15, -0.1) is 0 Å². The van der Waals surface area contributed by atoms with Crippen molar-refractivity contribution >= 4 is 79.0 Å². The molecular weight excluding hydrogens is 1420 g/mol. The first kappa shape index (κ1) is 75.2. The van der Waals surface area contributed by atoms with Crippen LogP contribution in [-0.4, -0.2) is 121 Å². The highest BCUT2D eigenvalue weighted by Crippen LogP contribution is 2.50. The summed E-state index contributed by atoms with van der Waals surface area (Å²) in [6.45, 7) is 14.6. The SMILES string of the molecule is COc1cc2cc(c1)C1NC(=O)[C@@H](Cc3ccc(c(Cl)c3)Oc3cc4cc(c3OC)Oc3ccc(cc3Cl)[C@@H](O[Si](C)(C)C(C)(C)C)[C@@H]3NC(=O)[C@H](NC(=O)[C@@H]4NC1=O)c1ccc(OC)c(c1)-c1c(OC)cc(OC)cc1C(C(=O)O)NC3=O)NC(=O)[C@@H](NC(=O)OC(C)(C)C)c1ccc(OC)c(c1)O2. The molecule has 6 aliphatic rings. The standard InChI is InChI=1S/C75H79Cl2N7O20Si/c1-74(2,3)103-73(93)84-59-37-17-22-52(97-10)53(29-37)100-43-26-39(25-41(32-43)94-7)60-69(88)81-61-40-30-55(101-50-19-15-35(23-46(50)76)24-48(66(85)79-60)78-67(59)86)65(99-12)56(31-40)102-51-21-18-38(28-47(51)77)64(104-105(13,14)75(4,5)6)63-71(90)82-62(72(91)92)45-33-42(95-8)34-54(98-11)57(45)44-27-36(16-20-49(44)96-9)58(68(87)83-63)80-70(61)89/h15-23,25-34,48,58-64H,24H2,1-14H3,(H,78,86)(H,79,85)(H,80,89)(H,81,88)(H,82,90)(H,83,87)(H,84,93)(H,91,92)/t48-,58-,59+,60?,61-,62?,63+,64-/m1/s1. The first-order valence-corrected chi connectivity index (χ1v) is 36.8. The van der Waals surface area contributed by atoms with Gasteiger partial charge < -0.3 is 94.1 Å². The number of fused-ring (bicyclic) bond motifs is 14. The molecule has 6 aliphatic heterocycles. The summed E-state index contributed by atoms with van der Waals surface area (Å²) >= 11 is 14.5. The van der Waals surface area contributed by atoms with Crippen molar-refractivity contribution in [3.63, 3.8) is 0 Å². The molecule has 0 radical (unpaired) electrons. The number of ether oxygens (including phenoxy) is 10. The lowest BCUT2D eigenvalue weighted by Crippen LogP contribution is -2.57. The number of rotatable bonds is 10. The molecule has 7 amide bonds. The Hall–Kier alpha value is -10.9. The van der Waals surface area contributed by atoms with Gasteiger partial charge in [-0.05, 0) is 151 Å². The van der Waals surface area contributed by atoms with Gasteiger partial charge in [0.25, 0.3) is 0 Å². The molecule has 552 valence electrons. The monoisotopic (exact) mass is 1500 g/mol. The van der Waals surface area contributed by atoms with Crippen molar-refractivity contribution in [1.29, 1.82) is 0 Å². The number of hydrogen-bond donors (Lipinski definition) is 8. The normalized spacial score (nSPS) is 20.3. The van der Waals surface area contributed by atoms with Crippen molar-refractivity contribution in [2.75, 3.05) is 42.7 Å². The van der Waals surface area contributed by atoms with E-state index >= 15 is 28.8 Å². The molecule has 7 aromatic rings. The molecule has 0 aromatic heterocycles. The lowest BCUT2D eigenvalue weighted by molar-refractivity contribution is -0.143. The van der Waals surface area contributed by atoms with E-state index in [0.717, 1.165) is 0 Å². The third-order valence-electron chi connectivity index (χ3n) is 18.5. The van der Waals surface area contributed by atoms with Crippen LogP contribution in [0.25, 0.3) is 11.1 Å². The number of carboxylic acids is 1. The molecule has 0 spiro atoms. The second-order valence-corrected chi connectivity index (χ2v) is 33.2. The number of amides is 7. The molecule has 27 nitrogen and oxygen atoms in total. The third kappa shape index (κ3) is 15.9. The van der Waals surface area contributed by atoms with E-state index in [1.807, 2.05) is 33.9 Å². The first-order valence-electron chi connectivity index (χ1n) is 33.1. The first-order chi connectivity index (χ1) is 49.7. The van der Waals surface area contributed by atoms with Crippen molar-refractivity contribution in [3.8, 4) is 80.1 Å². The van der Waals surface area contributed by atoms with Gasteiger partial charge in [-0.1, -0.05) is 68.2 Å². The van der Waals surface area contributed by atoms with E-state index in [1.165, 1.54) is 146 Å².